The standard InChI is InChI=1S/C21H44N2/c1-6-9-11-13-15-17-21(18-16-14-12-10-7-2)20(4)22-23(5)19-8-3/h21H,6-19H2,1-5H3/b22-20+. The molecule has 138 valence electrons. The highest BCUT2D eigenvalue weighted by atomic mass is 15.4. The first-order chi connectivity index (χ1) is 11.2. The lowest BCUT2D eigenvalue weighted by molar-refractivity contribution is 0.348. The molecule has 2 heteroatoms. The molecule has 0 heterocycles. The zero-order chi connectivity index (χ0) is 17.3. The van der Waals surface area contributed by atoms with Crippen LogP contribution in [0.4, 0.5) is 0 Å². The quantitative estimate of drug-likeness (QED) is 0.169. The van der Waals surface area contributed by atoms with E-state index in [0.29, 0.717) is 5.92 Å². The third-order valence-electron chi connectivity index (χ3n) is 4.78. The van der Waals surface area contributed by atoms with Crippen molar-refractivity contribution in [2.75, 3.05) is 13.6 Å². The van der Waals surface area contributed by atoms with Crippen LogP contribution in [0.15, 0.2) is 5.10 Å². The minimum Gasteiger partial charge on any atom is -0.300 e. The summed E-state index contributed by atoms with van der Waals surface area (Å²) in [6, 6.07) is 0. The molecule has 0 saturated heterocycles. The van der Waals surface area contributed by atoms with Gasteiger partial charge < -0.3 is 5.01 Å². The zero-order valence-corrected chi connectivity index (χ0v) is 16.9. The zero-order valence-electron chi connectivity index (χ0n) is 16.9. The summed E-state index contributed by atoms with van der Waals surface area (Å²) in [4.78, 5) is 0. The second kappa shape index (κ2) is 16.3. The summed E-state index contributed by atoms with van der Waals surface area (Å²) in [5.41, 5.74) is 1.37. The first kappa shape index (κ1) is 22.5. The second-order valence-electron chi connectivity index (χ2n) is 7.23. The lowest BCUT2D eigenvalue weighted by atomic mass is 9.91. The van der Waals surface area contributed by atoms with Crippen molar-refractivity contribution < 1.29 is 0 Å². The van der Waals surface area contributed by atoms with Crippen molar-refractivity contribution >= 4 is 5.71 Å². The molecule has 0 atom stereocenters. The molecule has 0 saturated carbocycles. The third-order valence-corrected chi connectivity index (χ3v) is 4.78. The van der Waals surface area contributed by atoms with Crippen LogP contribution >= 0.6 is 0 Å². The molecule has 0 unspecified atom stereocenters. The minimum absolute atomic E-state index is 0.706. The van der Waals surface area contributed by atoms with Crippen LogP contribution in [0.1, 0.15) is 111 Å². The molecule has 0 aliphatic rings. The average Bonchev–Trinajstić information content (AvgIpc) is 2.52. The molecule has 0 aliphatic heterocycles. The van der Waals surface area contributed by atoms with Crippen LogP contribution in [0.3, 0.4) is 0 Å². The fraction of sp³-hybridized carbons (Fsp3) is 0.952. The summed E-state index contributed by atoms with van der Waals surface area (Å²) in [5, 5.41) is 6.98. The highest BCUT2D eigenvalue weighted by Gasteiger charge is 2.13. The number of hydrazone groups is 1. The maximum atomic E-state index is 4.85. The van der Waals surface area contributed by atoms with E-state index >= 15 is 0 Å². The van der Waals surface area contributed by atoms with Gasteiger partial charge >= 0.3 is 0 Å². The minimum atomic E-state index is 0.706. The Kier molecular flexibility index (Phi) is 16.0. The summed E-state index contributed by atoms with van der Waals surface area (Å²) >= 11 is 0. The topological polar surface area (TPSA) is 15.6 Å². The number of rotatable bonds is 16. The molecule has 0 aromatic heterocycles. The van der Waals surface area contributed by atoms with E-state index in [1.54, 1.807) is 0 Å². The van der Waals surface area contributed by atoms with Crippen LogP contribution in [0.25, 0.3) is 0 Å². The van der Waals surface area contributed by atoms with Crippen LogP contribution in [0.5, 0.6) is 0 Å². The Labute approximate surface area is 147 Å². The first-order valence-corrected chi connectivity index (χ1v) is 10.4. The number of hydrogen-bond donors (Lipinski definition) is 0. The molecule has 0 spiro atoms. The van der Waals surface area contributed by atoms with E-state index in [2.05, 4.69) is 39.8 Å². The molecular formula is C21H44N2. The molecule has 0 rings (SSSR count). The summed E-state index contributed by atoms with van der Waals surface area (Å²) in [7, 11) is 2.12. The van der Waals surface area contributed by atoms with Crippen LogP contribution in [-0.4, -0.2) is 24.3 Å². The van der Waals surface area contributed by atoms with Crippen molar-refractivity contribution in [1.29, 1.82) is 0 Å². The third kappa shape index (κ3) is 13.6. The van der Waals surface area contributed by atoms with Crippen molar-refractivity contribution in [3.05, 3.63) is 0 Å². The lowest BCUT2D eigenvalue weighted by Crippen LogP contribution is -2.19. The van der Waals surface area contributed by atoms with Crippen LogP contribution in [0, 0.1) is 5.92 Å². The summed E-state index contributed by atoms with van der Waals surface area (Å²) in [6.07, 6.45) is 17.7. The van der Waals surface area contributed by atoms with Gasteiger partial charge in [-0.3, -0.25) is 0 Å². The fourth-order valence-corrected chi connectivity index (χ4v) is 3.28. The highest BCUT2D eigenvalue weighted by Crippen LogP contribution is 2.21. The van der Waals surface area contributed by atoms with Gasteiger partial charge in [-0.2, -0.15) is 5.10 Å². The van der Waals surface area contributed by atoms with Crippen molar-refractivity contribution in [2.45, 2.75) is 111 Å². The second-order valence-corrected chi connectivity index (χ2v) is 7.23. The van der Waals surface area contributed by atoms with Gasteiger partial charge in [-0.25, -0.2) is 0 Å². The van der Waals surface area contributed by atoms with Crippen molar-refractivity contribution in [3.63, 3.8) is 0 Å². The van der Waals surface area contributed by atoms with Gasteiger partial charge in [-0.15, -0.1) is 0 Å². The average molecular weight is 325 g/mol. The van der Waals surface area contributed by atoms with Gasteiger partial charge in [-0.1, -0.05) is 85.0 Å². The molecule has 0 fully saturated rings. The van der Waals surface area contributed by atoms with Gasteiger partial charge in [0.15, 0.2) is 0 Å². The maximum absolute atomic E-state index is 4.85. The van der Waals surface area contributed by atoms with E-state index in [0.717, 1.165) is 6.54 Å². The highest BCUT2D eigenvalue weighted by molar-refractivity contribution is 5.84. The van der Waals surface area contributed by atoms with Gasteiger partial charge in [-0.05, 0) is 32.1 Å². The van der Waals surface area contributed by atoms with Crippen LogP contribution in [-0.2, 0) is 0 Å². The Morgan fingerprint density at radius 1 is 0.739 bits per heavy atom. The van der Waals surface area contributed by atoms with E-state index in [-0.39, 0.29) is 0 Å². The Bertz CT molecular complexity index is 259. The Hall–Kier alpha value is -0.530. The van der Waals surface area contributed by atoms with Gasteiger partial charge in [0, 0.05) is 19.3 Å². The van der Waals surface area contributed by atoms with Gasteiger partial charge in [0.1, 0.15) is 0 Å². The predicted octanol–water partition coefficient (Wildman–Crippen LogP) is 7.04. The van der Waals surface area contributed by atoms with E-state index in [4.69, 9.17) is 5.10 Å². The molecular weight excluding hydrogens is 280 g/mol. The monoisotopic (exact) mass is 324 g/mol. The number of unbranched alkanes of at least 4 members (excludes halogenated alkanes) is 8. The Balaban J connectivity index is 4.28. The smallest absolute Gasteiger partial charge is 0.0380 e. The molecule has 0 aromatic carbocycles. The lowest BCUT2D eigenvalue weighted by Gasteiger charge is -2.20. The van der Waals surface area contributed by atoms with Crippen LogP contribution < -0.4 is 0 Å². The molecule has 0 aromatic rings. The molecule has 0 N–H and O–H groups in total. The fourth-order valence-electron chi connectivity index (χ4n) is 3.28. The van der Waals surface area contributed by atoms with Crippen molar-refractivity contribution in [1.82, 2.24) is 5.01 Å². The Morgan fingerprint density at radius 3 is 1.65 bits per heavy atom. The first-order valence-electron chi connectivity index (χ1n) is 10.4. The van der Waals surface area contributed by atoms with Gasteiger partial charge in [0.25, 0.3) is 0 Å². The molecule has 23 heavy (non-hydrogen) atoms. The maximum Gasteiger partial charge on any atom is 0.0380 e. The summed E-state index contributed by atoms with van der Waals surface area (Å²) < 4.78 is 0. The molecule has 0 radical (unpaired) electrons. The van der Waals surface area contributed by atoms with Gasteiger partial charge in [0.05, 0.1) is 0 Å². The van der Waals surface area contributed by atoms with E-state index in [9.17, 15) is 0 Å². The predicted molar refractivity (Wildman–Crippen MR) is 106 cm³/mol. The van der Waals surface area contributed by atoms with Crippen molar-refractivity contribution in [2.24, 2.45) is 11.0 Å². The molecule has 2 nitrogen and oxygen atoms in total. The summed E-state index contributed by atoms with van der Waals surface area (Å²) in [5.74, 6) is 0.706. The summed E-state index contributed by atoms with van der Waals surface area (Å²) in [6.45, 7) is 10.1. The molecule has 0 bridgehead atoms. The molecule has 0 amide bonds. The molecule has 0 aliphatic carbocycles. The SMILES string of the molecule is CCCCCCCC(CCCCCCC)/C(C)=N/N(C)CCC. The van der Waals surface area contributed by atoms with E-state index in [1.807, 2.05) is 0 Å². The van der Waals surface area contributed by atoms with E-state index in [1.165, 1.54) is 89.2 Å². The Morgan fingerprint density at radius 2 is 1.22 bits per heavy atom. The van der Waals surface area contributed by atoms with E-state index < -0.39 is 0 Å². The van der Waals surface area contributed by atoms with Crippen molar-refractivity contribution in [3.8, 4) is 0 Å². The normalized spacial score (nSPS) is 12.2. The largest absolute Gasteiger partial charge is 0.300 e. The number of nitrogens with zero attached hydrogens (tertiary/aromatic N) is 2. The number of hydrogen-bond acceptors (Lipinski definition) is 2. The van der Waals surface area contributed by atoms with Gasteiger partial charge in [0.2, 0.25) is 0 Å². The van der Waals surface area contributed by atoms with Crippen LogP contribution in [0.2, 0.25) is 0 Å².